The zero-order valence-electron chi connectivity index (χ0n) is 10.3. The van der Waals surface area contributed by atoms with E-state index in [2.05, 4.69) is 4.98 Å². The summed E-state index contributed by atoms with van der Waals surface area (Å²) in [5, 5.41) is 0.541. The summed E-state index contributed by atoms with van der Waals surface area (Å²) < 4.78 is 0. The maximum Gasteiger partial charge on any atom is 0.173 e. The van der Waals surface area contributed by atoms with Gasteiger partial charge >= 0.3 is 0 Å². The quantitative estimate of drug-likeness (QED) is 0.674. The predicted octanol–water partition coefficient (Wildman–Crippen LogP) is 3.23. The summed E-state index contributed by atoms with van der Waals surface area (Å²) in [6, 6.07) is 8.94. The largest absolute Gasteiger partial charge is 0.398 e. The maximum absolute atomic E-state index is 12.6. The lowest BCUT2D eigenvalue weighted by Crippen LogP contribution is -2.13. The van der Waals surface area contributed by atoms with E-state index in [1.165, 1.54) is 0 Å². The zero-order chi connectivity index (χ0) is 13.4. The van der Waals surface area contributed by atoms with Crippen LogP contribution in [0, 0.1) is 0 Å². The monoisotopic (exact) mass is 272 g/mol. The Morgan fingerprint density at radius 3 is 3.00 bits per heavy atom. The number of halogens is 1. The van der Waals surface area contributed by atoms with Crippen LogP contribution < -0.4 is 5.73 Å². The number of fused-ring (bicyclic) bond motifs is 1. The van der Waals surface area contributed by atoms with Gasteiger partial charge in [0.1, 0.15) is 0 Å². The summed E-state index contributed by atoms with van der Waals surface area (Å²) in [6.07, 6.45) is 3.43. The van der Waals surface area contributed by atoms with Crippen molar-refractivity contribution in [2.45, 2.75) is 18.8 Å². The number of carbonyl (C=O) groups is 1. The van der Waals surface area contributed by atoms with Crippen LogP contribution in [0.3, 0.4) is 0 Å². The van der Waals surface area contributed by atoms with Gasteiger partial charge in [-0.25, -0.2) is 0 Å². The van der Waals surface area contributed by atoms with Crippen LogP contribution in [0.2, 0.25) is 5.02 Å². The summed E-state index contributed by atoms with van der Waals surface area (Å²) >= 11 is 5.86. The van der Waals surface area contributed by atoms with Gasteiger partial charge < -0.3 is 5.73 Å². The van der Waals surface area contributed by atoms with Gasteiger partial charge in [-0.2, -0.15) is 0 Å². The van der Waals surface area contributed by atoms with Crippen LogP contribution in [-0.4, -0.2) is 10.8 Å². The molecular formula is C15H13ClN2O. The van der Waals surface area contributed by atoms with Crippen molar-refractivity contribution in [3.05, 3.63) is 58.4 Å². The van der Waals surface area contributed by atoms with Gasteiger partial charge in [0.2, 0.25) is 0 Å². The van der Waals surface area contributed by atoms with Gasteiger partial charge in [0.25, 0.3) is 0 Å². The number of anilines is 1. The Hall–Kier alpha value is -1.87. The van der Waals surface area contributed by atoms with E-state index in [-0.39, 0.29) is 11.7 Å². The summed E-state index contributed by atoms with van der Waals surface area (Å²) in [7, 11) is 0. The summed E-state index contributed by atoms with van der Waals surface area (Å²) in [5.41, 5.74) is 8.90. The number of carbonyl (C=O) groups excluding carboxylic acids is 1. The lowest BCUT2D eigenvalue weighted by molar-refractivity contribution is 0.0959. The molecule has 0 fully saturated rings. The van der Waals surface area contributed by atoms with E-state index < -0.39 is 0 Å². The van der Waals surface area contributed by atoms with Crippen molar-refractivity contribution in [3.8, 4) is 0 Å². The van der Waals surface area contributed by atoms with E-state index in [0.29, 0.717) is 16.3 Å². The number of ketones is 1. The molecule has 3 nitrogen and oxygen atoms in total. The lowest BCUT2D eigenvalue weighted by Gasteiger charge is -2.11. The van der Waals surface area contributed by atoms with Gasteiger partial charge in [-0.3, -0.25) is 9.78 Å². The third-order valence-corrected chi connectivity index (χ3v) is 3.79. The molecule has 1 aromatic heterocycles. The highest BCUT2D eigenvalue weighted by Gasteiger charge is 2.31. The Morgan fingerprint density at radius 2 is 2.21 bits per heavy atom. The molecular weight excluding hydrogens is 260 g/mol. The molecule has 1 unspecified atom stereocenters. The van der Waals surface area contributed by atoms with Crippen LogP contribution in [0.25, 0.3) is 0 Å². The predicted molar refractivity (Wildman–Crippen MR) is 75.5 cm³/mol. The number of rotatable bonds is 2. The fraction of sp³-hybridized carbons (Fsp3) is 0.200. The second kappa shape index (κ2) is 4.67. The Labute approximate surface area is 116 Å². The normalized spacial score (nSPS) is 17.2. The number of nitrogens with zero attached hydrogens (tertiary/aromatic N) is 1. The van der Waals surface area contributed by atoms with Crippen molar-refractivity contribution in [1.29, 1.82) is 0 Å². The standard InChI is InChI=1S/C15H13ClN2O/c16-10-4-6-11(13(17)8-10)15(19)12-5-3-9-2-1-7-18-14(9)12/h1-2,4,6-8,12H,3,5,17H2. The first-order valence-corrected chi connectivity index (χ1v) is 6.57. The molecule has 2 aromatic rings. The van der Waals surface area contributed by atoms with Gasteiger partial charge in [-0.1, -0.05) is 17.7 Å². The Bertz CT molecular complexity index is 654. The number of benzene rings is 1. The van der Waals surface area contributed by atoms with Crippen LogP contribution in [0.1, 0.15) is 34.0 Å². The molecule has 2 N–H and O–H groups in total. The van der Waals surface area contributed by atoms with Crippen LogP contribution >= 0.6 is 11.6 Å². The first-order valence-electron chi connectivity index (χ1n) is 6.20. The fourth-order valence-corrected chi connectivity index (χ4v) is 2.79. The molecule has 96 valence electrons. The van der Waals surface area contributed by atoms with Gasteiger partial charge in [0.15, 0.2) is 5.78 Å². The number of hydrogen-bond donors (Lipinski definition) is 1. The summed E-state index contributed by atoms with van der Waals surface area (Å²) in [5.74, 6) is -0.147. The van der Waals surface area contributed by atoms with Gasteiger partial charge in [-0.05, 0) is 42.7 Å². The van der Waals surface area contributed by atoms with Crippen LogP contribution in [0.15, 0.2) is 36.5 Å². The van der Waals surface area contributed by atoms with Gasteiger partial charge in [0, 0.05) is 22.5 Å². The van der Waals surface area contributed by atoms with E-state index >= 15 is 0 Å². The molecule has 1 atom stereocenters. The van der Waals surface area contributed by atoms with Crippen molar-refractivity contribution in [2.75, 3.05) is 5.73 Å². The molecule has 0 radical (unpaired) electrons. The summed E-state index contributed by atoms with van der Waals surface area (Å²) in [4.78, 5) is 16.9. The molecule has 0 saturated carbocycles. The maximum atomic E-state index is 12.6. The molecule has 19 heavy (non-hydrogen) atoms. The smallest absolute Gasteiger partial charge is 0.173 e. The molecule has 0 aliphatic heterocycles. The third kappa shape index (κ3) is 2.10. The Kier molecular flexibility index (Phi) is 2.99. The highest BCUT2D eigenvalue weighted by Crippen LogP contribution is 2.35. The van der Waals surface area contributed by atoms with E-state index in [4.69, 9.17) is 17.3 Å². The van der Waals surface area contributed by atoms with E-state index in [1.54, 1.807) is 24.4 Å². The van der Waals surface area contributed by atoms with E-state index in [0.717, 1.165) is 24.1 Å². The average molecular weight is 273 g/mol. The molecule has 1 aromatic carbocycles. The zero-order valence-corrected chi connectivity index (χ0v) is 11.0. The Balaban J connectivity index is 1.98. The second-order valence-corrected chi connectivity index (χ2v) is 5.17. The van der Waals surface area contributed by atoms with Crippen molar-refractivity contribution >= 4 is 23.1 Å². The molecule has 1 heterocycles. The van der Waals surface area contributed by atoms with E-state index in [9.17, 15) is 4.79 Å². The van der Waals surface area contributed by atoms with Crippen molar-refractivity contribution in [3.63, 3.8) is 0 Å². The average Bonchev–Trinajstić information content (AvgIpc) is 2.82. The topological polar surface area (TPSA) is 56.0 Å². The molecule has 1 aliphatic carbocycles. The number of Topliss-reactive ketones (excluding diaryl/α,β-unsaturated/α-hetero) is 1. The lowest BCUT2D eigenvalue weighted by atomic mass is 9.94. The summed E-state index contributed by atoms with van der Waals surface area (Å²) in [6.45, 7) is 0. The Morgan fingerprint density at radius 1 is 1.37 bits per heavy atom. The van der Waals surface area contributed by atoms with Crippen molar-refractivity contribution in [2.24, 2.45) is 0 Å². The number of aromatic nitrogens is 1. The number of aryl methyl sites for hydroxylation is 1. The van der Waals surface area contributed by atoms with Crippen LogP contribution in [-0.2, 0) is 6.42 Å². The molecule has 1 aliphatic rings. The number of nitrogens with two attached hydrogens (primary N) is 1. The van der Waals surface area contributed by atoms with E-state index in [1.807, 2.05) is 12.1 Å². The highest BCUT2D eigenvalue weighted by atomic mass is 35.5. The van der Waals surface area contributed by atoms with Crippen molar-refractivity contribution in [1.82, 2.24) is 4.98 Å². The first-order chi connectivity index (χ1) is 9.16. The van der Waals surface area contributed by atoms with Crippen molar-refractivity contribution < 1.29 is 4.79 Å². The minimum absolute atomic E-state index is 0.0339. The minimum Gasteiger partial charge on any atom is -0.398 e. The molecule has 0 saturated heterocycles. The van der Waals surface area contributed by atoms with Crippen LogP contribution in [0.5, 0.6) is 0 Å². The molecule has 0 spiro atoms. The van der Waals surface area contributed by atoms with Gasteiger partial charge in [-0.15, -0.1) is 0 Å². The molecule has 0 bridgehead atoms. The van der Waals surface area contributed by atoms with Crippen LogP contribution in [0.4, 0.5) is 5.69 Å². The number of pyridine rings is 1. The SMILES string of the molecule is Nc1cc(Cl)ccc1C(=O)C1CCc2cccnc21. The molecule has 0 amide bonds. The highest BCUT2D eigenvalue weighted by molar-refractivity contribution is 6.31. The number of hydrogen-bond acceptors (Lipinski definition) is 3. The molecule has 3 rings (SSSR count). The fourth-order valence-electron chi connectivity index (χ4n) is 2.61. The second-order valence-electron chi connectivity index (χ2n) is 4.73. The minimum atomic E-state index is -0.181. The molecule has 4 heteroatoms. The number of nitrogen functional groups attached to an aromatic ring is 1. The van der Waals surface area contributed by atoms with Gasteiger partial charge in [0.05, 0.1) is 11.6 Å². The third-order valence-electron chi connectivity index (χ3n) is 3.55. The first kappa shape index (κ1) is 12.2.